The monoisotopic (exact) mass is 250 g/mol. The van der Waals surface area contributed by atoms with E-state index in [2.05, 4.69) is 27.5 Å². The van der Waals surface area contributed by atoms with E-state index in [0.717, 1.165) is 44.6 Å². The summed E-state index contributed by atoms with van der Waals surface area (Å²) in [6.07, 6.45) is 7.26. The molecule has 0 aromatic carbocycles. The van der Waals surface area contributed by atoms with Crippen LogP contribution in [0.25, 0.3) is 0 Å². The molecule has 1 aliphatic heterocycles. The fourth-order valence-corrected chi connectivity index (χ4v) is 2.66. The van der Waals surface area contributed by atoms with Crippen molar-refractivity contribution in [1.82, 2.24) is 20.6 Å². The third-order valence-electron chi connectivity index (χ3n) is 3.66. The predicted molar refractivity (Wildman–Crippen MR) is 70.1 cm³/mol. The van der Waals surface area contributed by atoms with Crippen molar-refractivity contribution < 1.29 is 4.79 Å². The standard InChI is InChI=1S/C13H22N4O/c1-2-4-13(5-7-14-10-13)12(18)17-6-3-11-15-8-9-16-11/h8-9,14H,2-7,10H2,1H3,(H,15,16)(H,17,18). The lowest BCUT2D eigenvalue weighted by Crippen LogP contribution is -2.43. The van der Waals surface area contributed by atoms with Crippen LogP contribution in [0.2, 0.25) is 0 Å². The van der Waals surface area contributed by atoms with Crippen molar-refractivity contribution in [2.24, 2.45) is 5.41 Å². The Morgan fingerprint density at radius 1 is 1.61 bits per heavy atom. The molecule has 1 atom stereocenters. The summed E-state index contributed by atoms with van der Waals surface area (Å²) in [7, 11) is 0. The van der Waals surface area contributed by atoms with E-state index in [4.69, 9.17) is 0 Å². The molecule has 2 heterocycles. The van der Waals surface area contributed by atoms with Gasteiger partial charge >= 0.3 is 0 Å². The van der Waals surface area contributed by atoms with Gasteiger partial charge in [0.15, 0.2) is 0 Å². The van der Waals surface area contributed by atoms with Crippen LogP contribution < -0.4 is 10.6 Å². The van der Waals surface area contributed by atoms with Gasteiger partial charge in [-0.2, -0.15) is 0 Å². The summed E-state index contributed by atoms with van der Waals surface area (Å²) in [6, 6.07) is 0. The molecule has 1 unspecified atom stereocenters. The molecule has 1 aliphatic rings. The molecule has 3 N–H and O–H groups in total. The summed E-state index contributed by atoms with van der Waals surface area (Å²) < 4.78 is 0. The number of aromatic nitrogens is 2. The molecular weight excluding hydrogens is 228 g/mol. The van der Waals surface area contributed by atoms with Gasteiger partial charge in [0.2, 0.25) is 5.91 Å². The van der Waals surface area contributed by atoms with Crippen molar-refractivity contribution in [2.75, 3.05) is 19.6 Å². The van der Waals surface area contributed by atoms with Crippen LogP contribution in [0.3, 0.4) is 0 Å². The molecule has 5 nitrogen and oxygen atoms in total. The summed E-state index contributed by atoms with van der Waals surface area (Å²) in [6.45, 7) is 4.55. The molecule has 1 amide bonds. The van der Waals surface area contributed by atoms with E-state index >= 15 is 0 Å². The summed E-state index contributed by atoms with van der Waals surface area (Å²) >= 11 is 0. The van der Waals surface area contributed by atoms with Gasteiger partial charge in [0, 0.05) is 31.9 Å². The minimum Gasteiger partial charge on any atom is -0.355 e. The lowest BCUT2D eigenvalue weighted by atomic mass is 9.81. The highest BCUT2D eigenvalue weighted by Crippen LogP contribution is 2.31. The Kier molecular flexibility index (Phi) is 4.36. The van der Waals surface area contributed by atoms with Gasteiger partial charge in [-0.15, -0.1) is 0 Å². The van der Waals surface area contributed by atoms with Crippen LogP contribution in [0.5, 0.6) is 0 Å². The van der Waals surface area contributed by atoms with Crippen LogP contribution in [0.15, 0.2) is 12.4 Å². The van der Waals surface area contributed by atoms with E-state index < -0.39 is 0 Å². The van der Waals surface area contributed by atoms with Crippen molar-refractivity contribution in [1.29, 1.82) is 0 Å². The van der Waals surface area contributed by atoms with Gasteiger partial charge in [-0.05, 0) is 19.4 Å². The second-order valence-corrected chi connectivity index (χ2v) is 5.00. The number of rotatable bonds is 6. The first kappa shape index (κ1) is 13.1. The zero-order chi connectivity index (χ0) is 12.8. The minimum atomic E-state index is -0.183. The number of imidazole rings is 1. The van der Waals surface area contributed by atoms with Gasteiger partial charge in [-0.25, -0.2) is 4.98 Å². The molecule has 0 spiro atoms. The highest BCUT2D eigenvalue weighted by Gasteiger charge is 2.39. The Balaban J connectivity index is 1.82. The lowest BCUT2D eigenvalue weighted by Gasteiger charge is -2.26. The van der Waals surface area contributed by atoms with Crippen LogP contribution in [0.4, 0.5) is 0 Å². The second-order valence-electron chi connectivity index (χ2n) is 5.00. The minimum absolute atomic E-state index is 0.183. The highest BCUT2D eigenvalue weighted by molar-refractivity contribution is 5.83. The summed E-state index contributed by atoms with van der Waals surface area (Å²) in [4.78, 5) is 19.5. The molecule has 0 aliphatic carbocycles. The molecule has 2 rings (SSSR count). The largest absolute Gasteiger partial charge is 0.355 e. The van der Waals surface area contributed by atoms with Crippen LogP contribution in [-0.4, -0.2) is 35.5 Å². The Hall–Kier alpha value is -1.36. The van der Waals surface area contributed by atoms with E-state index in [1.54, 1.807) is 12.4 Å². The second kappa shape index (κ2) is 6.00. The number of hydrogen-bond donors (Lipinski definition) is 3. The molecule has 1 aromatic rings. The molecule has 1 fully saturated rings. The number of amides is 1. The van der Waals surface area contributed by atoms with Crippen molar-refractivity contribution in [3.8, 4) is 0 Å². The number of H-pyrrole nitrogens is 1. The fourth-order valence-electron chi connectivity index (χ4n) is 2.66. The molecule has 18 heavy (non-hydrogen) atoms. The van der Waals surface area contributed by atoms with E-state index in [1.807, 2.05) is 0 Å². The summed E-state index contributed by atoms with van der Waals surface area (Å²) in [5.74, 6) is 1.12. The van der Waals surface area contributed by atoms with E-state index in [1.165, 1.54) is 0 Å². The van der Waals surface area contributed by atoms with Crippen molar-refractivity contribution >= 4 is 5.91 Å². The lowest BCUT2D eigenvalue weighted by molar-refractivity contribution is -0.130. The van der Waals surface area contributed by atoms with Crippen LogP contribution in [0, 0.1) is 5.41 Å². The topological polar surface area (TPSA) is 69.8 Å². The summed E-state index contributed by atoms with van der Waals surface area (Å²) in [5, 5.41) is 6.35. The molecule has 1 saturated heterocycles. The maximum absolute atomic E-state index is 12.3. The Bertz CT molecular complexity index is 368. The number of carbonyl (C=O) groups excluding carboxylic acids is 1. The Labute approximate surface area is 108 Å². The maximum Gasteiger partial charge on any atom is 0.227 e. The third-order valence-corrected chi connectivity index (χ3v) is 3.66. The van der Waals surface area contributed by atoms with Crippen LogP contribution in [0.1, 0.15) is 32.0 Å². The Morgan fingerprint density at radius 3 is 3.11 bits per heavy atom. The first-order valence-electron chi connectivity index (χ1n) is 6.74. The number of nitrogens with one attached hydrogen (secondary N) is 3. The van der Waals surface area contributed by atoms with E-state index in [-0.39, 0.29) is 11.3 Å². The molecular formula is C13H22N4O. The van der Waals surface area contributed by atoms with E-state index in [0.29, 0.717) is 6.54 Å². The summed E-state index contributed by atoms with van der Waals surface area (Å²) in [5.41, 5.74) is -0.183. The predicted octanol–water partition coefficient (Wildman–Crippen LogP) is 0.848. The first-order chi connectivity index (χ1) is 8.77. The van der Waals surface area contributed by atoms with Gasteiger partial charge in [0.1, 0.15) is 5.82 Å². The quantitative estimate of drug-likeness (QED) is 0.701. The van der Waals surface area contributed by atoms with Crippen molar-refractivity contribution in [3.63, 3.8) is 0 Å². The molecule has 100 valence electrons. The molecule has 1 aromatic heterocycles. The number of hydrogen-bond acceptors (Lipinski definition) is 3. The Morgan fingerprint density at radius 2 is 2.50 bits per heavy atom. The average Bonchev–Trinajstić information content (AvgIpc) is 3.01. The normalized spacial score (nSPS) is 23.2. The SMILES string of the molecule is CCCC1(C(=O)NCCc2ncc[nH]2)CCNC1. The third kappa shape index (κ3) is 2.90. The van der Waals surface area contributed by atoms with Gasteiger partial charge < -0.3 is 15.6 Å². The first-order valence-corrected chi connectivity index (χ1v) is 6.74. The van der Waals surface area contributed by atoms with Gasteiger partial charge in [-0.3, -0.25) is 4.79 Å². The maximum atomic E-state index is 12.3. The molecule has 0 saturated carbocycles. The van der Waals surface area contributed by atoms with E-state index in [9.17, 15) is 4.79 Å². The zero-order valence-corrected chi connectivity index (χ0v) is 11.0. The molecule has 5 heteroatoms. The molecule has 0 radical (unpaired) electrons. The zero-order valence-electron chi connectivity index (χ0n) is 11.0. The van der Waals surface area contributed by atoms with Gasteiger partial charge in [0.25, 0.3) is 0 Å². The van der Waals surface area contributed by atoms with Gasteiger partial charge in [-0.1, -0.05) is 13.3 Å². The number of aromatic amines is 1. The van der Waals surface area contributed by atoms with Gasteiger partial charge in [0.05, 0.1) is 5.41 Å². The highest BCUT2D eigenvalue weighted by atomic mass is 16.2. The number of nitrogens with zero attached hydrogens (tertiary/aromatic N) is 1. The fraction of sp³-hybridized carbons (Fsp3) is 0.692. The molecule has 0 bridgehead atoms. The van der Waals surface area contributed by atoms with Crippen molar-refractivity contribution in [2.45, 2.75) is 32.6 Å². The smallest absolute Gasteiger partial charge is 0.227 e. The van der Waals surface area contributed by atoms with Crippen LogP contribution >= 0.6 is 0 Å². The van der Waals surface area contributed by atoms with Crippen LogP contribution in [-0.2, 0) is 11.2 Å². The van der Waals surface area contributed by atoms with Crippen molar-refractivity contribution in [3.05, 3.63) is 18.2 Å². The number of carbonyl (C=O) groups is 1. The average molecular weight is 250 g/mol.